The molecular formula is C16H22N2O4. The first-order chi connectivity index (χ1) is 10.2. The van der Waals surface area contributed by atoms with Crippen molar-refractivity contribution in [2.45, 2.75) is 58.7 Å². The smallest absolute Gasteiger partial charge is 0.413 e. The summed E-state index contributed by atoms with van der Waals surface area (Å²) in [6, 6.07) is 3.21. The zero-order chi connectivity index (χ0) is 16.5. The third-order valence-corrected chi connectivity index (χ3v) is 3.42. The second-order valence-electron chi connectivity index (χ2n) is 6.38. The summed E-state index contributed by atoms with van der Waals surface area (Å²) in [7, 11) is 0. The normalized spacial score (nSPS) is 20.9. The quantitative estimate of drug-likeness (QED) is 0.846. The highest BCUT2D eigenvalue weighted by molar-refractivity contribution is 5.93. The van der Waals surface area contributed by atoms with Crippen LogP contribution in [0, 0.1) is 0 Å². The van der Waals surface area contributed by atoms with Crippen molar-refractivity contribution in [2.75, 3.05) is 5.32 Å². The standard InChI is InChI=1S/C16H22N2O4/c1-6-10-9(2)21-14(19)11-7-8-12(17-13(10)11)18-15(20)22-16(3,4)5/h7-10H,6H2,1-5H3,(H,17,18,20)/t9-,10+/m1/s1. The zero-order valence-electron chi connectivity index (χ0n) is 13.6. The molecule has 6 nitrogen and oxygen atoms in total. The van der Waals surface area contributed by atoms with Crippen LogP contribution in [0.2, 0.25) is 0 Å². The van der Waals surface area contributed by atoms with Gasteiger partial charge in [-0.3, -0.25) is 5.32 Å². The number of rotatable bonds is 2. The first-order valence-corrected chi connectivity index (χ1v) is 7.43. The third-order valence-electron chi connectivity index (χ3n) is 3.42. The Bertz CT molecular complexity index is 592. The first kappa shape index (κ1) is 16.3. The van der Waals surface area contributed by atoms with E-state index in [1.165, 1.54) is 0 Å². The van der Waals surface area contributed by atoms with Gasteiger partial charge >= 0.3 is 12.1 Å². The Morgan fingerprint density at radius 1 is 1.41 bits per heavy atom. The first-order valence-electron chi connectivity index (χ1n) is 7.43. The molecule has 2 rings (SSSR count). The summed E-state index contributed by atoms with van der Waals surface area (Å²) in [6.45, 7) is 9.23. The number of fused-ring (bicyclic) bond motifs is 1. The topological polar surface area (TPSA) is 77.5 Å². The van der Waals surface area contributed by atoms with Crippen molar-refractivity contribution in [3.63, 3.8) is 0 Å². The van der Waals surface area contributed by atoms with Crippen molar-refractivity contribution >= 4 is 17.9 Å². The Morgan fingerprint density at radius 2 is 2.09 bits per heavy atom. The predicted octanol–water partition coefficient (Wildman–Crippen LogP) is 3.48. The van der Waals surface area contributed by atoms with Crippen molar-refractivity contribution in [1.29, 1.82) is 0 Å². The summed E-state index contributed by atoms with van der Waals surface area (Å²) < 4.78 is 10.5. The molecule has 22 heavy (non-hydrogen) atoms. The molecule has 0 fully saturated rings. The maximum absolute atomic E-state index is 11.9. The largest absolute Gasteiger partial charge is 0.458 e. The lowest BCUT2D eigenvalue weighted by atomic mass is 9.90. The molecule has 0 radical (unpaired) electrons. The molecule has 1 aromatic rings. The van der Waals surface area contributed by atoms with Crippen molar-refractivity contribution in [1.82, 2.24) is 4.98 Å². The van der Waals surface area contributed by atoms with Gasteiger partial charge in [0, 0.05) is 5.92 Å². The summed E-state index contributed by atoms with van der Waals surface area (Å²) in [5.41, 5.74) is 0.544. The number of carbonyl (C=O) groups is 2. The van der Waals surface area contributed by atoms with E-state index < -0.39 is 11.7 Å². The lowest BCUT2D eigenvalue weighted by molar-refractivity contribution is 0.0215. The monoisotopic (exact) mass is 306 g/mol. The fraction of sp³-hybridized carbons (Fsp3) is 0.562. The molecular weight excluding hydrogens is 284 g/mol. The van der Waals surface area contributed by atoms with E-state index in [1.54, 1.807) is 32.9 Å². The Balaban J connectivity index is 2.25. The molecule has 120 valence electrons. The van der Waals surface area contributed by atoms with Gasteiger partial charge in [0.05, 0.1) is 11.3 Å². The molecule has 0 unspecified atom stereocenters. The minimum Gasteiger partial charge on any atom is -0.458 e. The number of aromatic nitrogens is 1. The van der Waals surface area contributed by atoms with Gasteiger partial charge in [-0.2, -0.15) is 0 Å². The number of cyclic esters (lactones) is 1. The predicted molar refractivity (Wildman–Crippen MR) is 82.0 cm³/mol. The van der Waals surface area contributed by atoms with Gasteiger partial charge in [0.1, 0.15) is 17.5 Å². The highest BCUT2D eigenvalue weighted by Crippen LogP contribution is 2.33. The van der Waals surface area contributed by atoms with E-state index in [2.05, 4.69) is 10.3 Å². The van der Waals surface area contributed by atoms with Gasteiger partial charge in [-0.25, -0.2) is 14.6 Å². The summed E-state index contributed by atoms with van der Waals surface area (Å²) in [4.78, 5) is 28.1. The van der Waals surface area contributed by atoms with Crippen LogP contribution in [0.15, 0.2) is 12.1 Å². The minimum absolute atomic E-state index is 0.0214. The summed E-state index contributed by atoms with van der Waals surface area (Å²) >= 11 is 0. The van der Waals surface area contributed by atoms with E-state index in [-0.39, 0.29) is 18.0 Å². The van der Waals surface area contributed by atoms with Gasteiger partial charge in [0.2, 0.25) is 0 Å². The van der Waals surface area contributed by atoms with Crippen LogP contribution < -0.4 is 5.32 Å². The van der Waals surface area contributed by atoms with E-state index in [9.17, 15) is 9.59 Å². The van der Waals surface area contributed by atoms with Crippen LogP contribution in [0.25, 0.3) is 0 Å². The molecule has 1 aliphatic heterocycles. The van der Waals surface area contributed by atoms with Crippen LogP contribution in [0.3, 0.4) is 0 Å². The second kappa shape index (κ2) is 5.94. The third kappa shape index (κ3) is 3.55. The maximum atomic E-state index is 11.9. The van der Waals surface area contributed by atoms with E-state index in [4.69, 9.17) is 9.47 Å². The molecule has 1 N–H and O–H groups in total. The van der Waals surface area contributed by atoms with Crippen molar-refractivity contribution < 1.29 is 19.1 Å². The van der Waals surface area contributed by atoms with Crippen LogP contribution >= 0.6 is 0 Å². The van der Waals surface area contributed by atoms with Gasteiger partial charge in [0.25, 0.3) is 0 Å². The molecule has 0 saturated heterocycles. The van der Waals surface area contributed by atoms with E-state index in [0.717, 1.165) is 6.42 Å². The summed E-state index contributed by atoms with van der Waals surface area (Å²) in [6.07, 6.45) is -0.00152. The number of ether oxygens (including phenoxy) is 2. The van der Waals surface area contributed by atoms with E-state index in [1.807, 2.05) is 13.8 Å². The number of nitrogens with one attached hydrogen (secondary N) is 1. The molecule has 0 aliphatic carbocycles. The number of hydrogen-bond acceptors (Lipinski definition) is 5. The number of carbonyl (C=O) groups excluding carboxylic acids is 2. The molecule has 6 heteroatoms. The number of amides is 1. The van der Waals surface area contributed by atoms with E-state index >= 15 is 0 Å². The van der Waals surface area contributed by atoms with Crippen LogP contribution in [0.5, 0.6) is 0 Å². The molecule has 0 spiro atoms. The van der Waals surface area contributed by atoms with Gasteiger partial charge in [-0.1, -0.05) is 6.92 Å². The number of anilines is 1. The average Bonchev–Trinajstić information content (AvgIpc) is 2.36. The molecule has 0 saturated carbocycles. The summed E-state index contributed by atoms with van der Waals surface area (Å²) in [5.74, 6) is 0.0185. The van der Waals surface area contributed by atoms with Gasteiger partial charge in [0.15, 0.2) is 0 Å². The highest BCUT2D eigenvalue weighted by atomic mass is 16.6. The molecule has 0 aromatic carbocycles. The fourth-order valence-corrected chi connectivity index (χ4v) is 2.47. The molecule has 1 aliphatic rings. The molecule has 2 atom stereocenters. The Kier molecular flexibility index (Phi) is 4.39. The Morgan fingerprint density at radius 3 is 2.68 bits per heavy atom. The number of esters is 1. The van der Waals surface area contributed by atoms with Crippen LogP contribution in [0.4, 0.5) is 10.6 Å². The minimum atomic E-state index is -0.581. The molecule has 1 amide bonds. The van der Waals surface area contributed by atoms with Crippen molar-refractivity contribution in [3.8, 4) is 0 Å². The molecule has 0 bridgehead atoms. The average molecular weight is 306 g/mol. The SMILES string of the molecule is CC[C@@H]1c2nc(NC(=O)OC(C)(C)C)ccc2C(=O)O[C@@H]1C. The number of pyridine rings is 1. The lowest BCUT2D eigenvalue weighted by Gasteiger charge is -2.29. The fourth-order valence-electron chi connectivity index (χ4n) is 2.47. The molecule has 1 aromatic heterocycles. The maximum Gasteiger partial charge on any atom is 0.413 e. The second-order valence-corrected chi connectivity index (χ2v) is 6.38. The highest BCUT2D eigenvalue weighted by Gasteiger charge is 2.33. The van der Waals surface area contributed by atoms with E-state index in [0.29, 0.717) is 17.1 Å². The van der Waals surface area contributed by atoms with Crippen LogP contribution in [0.1, 0.15) is 63.0 Å². The van der Waals surface area contributed by atoms with Gasteiger partial charge in [-0.15, -0.1) is 0 Å². The van der Waals surface area contributed by atoms with Gasteiger partial charge < -0.3 is 9.47 Å². The number of hydrogen-bond donors (Lipinski definition) is 1. The number of nitrogens with zero attached hydrogens (tertiary/aromatic N) is 1. The molecule has 2 heterocycles. The van der Waals surface area contributed by atoms with Crippen molar-refractivity contribution in [3.05, 3.63) is 23.4 Å². The van der Waals surface area contributed by atoms with Crippen LogP contribution in [-0.4, -0.2) is 28.8 Å². The van der Waals surface area contributed by atoms with Crippen molar-refractivity contribution in [2.24, 2.45) is 0 Å². The Hall–Kier alpha value is -2.11. The van der Waals surface area contributed by atoms with Crippen LogP contribution in [-0.2, 0) is 9.47 Å². The zero-order valence-corrected chi connectivity index (χ0v) is 13.6. The Labute approximate surface area is 130 Å². The lowest BCUT2D eigenvalue weighted by Crippen LogP contribution is -2.31. The van der Waals surface area contributed by atoms with Gasteiger partial charge in [-0.05, 0) is 46.2 Å². The summed E-state index contributed by atoms with van der Waals surface area (Å²) in [5, 5.41) is 2.60.